The summed E-state index contributed by atoms with van der Waals surface area (Å²) < 4.78 is 0. The van der Waals surface area contributed by atoms with Gasteiger partial charge < -0.3 is 11.1 Å². The maximum atomic E-state index is 5.85. The molecule has 144 valence electrons. The molecule has 1 fully saturated rings. The molecule has 1 aromatic heterocycles. The highest BCUT2D eigenvalue weighted by molar-refractivity contribution is 5.61. The molecule has 1 saturated carbocycles. The van der Waals surface area contributed by atoms with Crippen molar-refractivity contribution in [3.8, 4) is 11.3 Å². The summed E-state index contributed by atoms with van der Waals surface area (Å²) in [6.45, 7) is 1.05. The molecule has 2 atom stereocenters. The van der Waals surface area contributed by atoms with Crippen molar-refractivity contribution >= 4 is 5.82 Å². The lowest BCUT2D eigenvalue weighted by molar-refractivity contribution is 0.400. The van der Waals surface area contributed by atoms with Gasteiger partial charge in [0.1, 0.15) is 5.82 Å². The molecule has 3 aromatic rings. The second kappa shape index (κ2) is 9.03. The Kier molecular flexibility index (Phi) is 6.03. The van der Waals surface area contributed by atoms with Crippen LogP contribution >= 0.6 is 0 Å². The van der Waals surface area contributed by atoms with E-state index >= 15 is 0 Å². The second-order valence-electron chi connectivity index (χ2n) is 7.84. The predicted molar refractivity (Wildman–Crippen MR) is 117 cm³/mol. The monoisotopic (exact) mass is 371 g/mol. The molecule has 2 unspecified atom stereocenters. The number of nitrogen functional groups attached to an aromatic ring is 1. The maximum absolute atomic E-state index is 5.85. The molecule has 1 aliphatic carbocycles. The fourth-order valence-electron chi connectivity index (χ4n) is 4.37. The zero-order valence-corrected chi connectivity index (χ0v) is 16.4. The summed E-state index contributed by atoms with van der Waals surface area (Å²) in [7, 11) is 0. The van der Waals surface area contributed by atoms with Gasteiger partial charge in [-0.3, -0.25) is 0 Å². The smallest absolute Gasteiger partial charge is 0.124 e. The van der Waals surface area contributed by atoms with E-state index in [0.29, 0.717) is 17.8 Å². The van der Waals surface area contributed by atoms with Crippen LogP contribution in [0.5, 0.6) is 0 Å². The highest BCUT2D eigenvalue weighted by atomic mass is 14.9. The number of aromatic nitrogens is 1. The molecule has 3 heteroatoms. The third-order valence-electron chi connectivity index (χ3n) is 5.81. The van der Waals surface area contributed by atoms with E-state index in [1.165, 1.54) is 30.4 Å². The summed E-state index contributed by atoms with van der Waals surface area (Å²) >= 11 is 0. The Labute approximate surface area is 168 Å². The Morgan fingerprint density at radius 2 is 1.71 bits per heavy atom. The van der Waals surface area contributed by atoms with Gasteiger partial charge in [0, 0.05) is 11.6 Å². The van der Waals surface area contributed by atoms with Crippen LogP contribution in [0, 0.1) is 5.92 Å². The van der Waals surface area contributed by atoms with E-state index in [1.54, 1.807) is 0 Å². The summed E-state index contributed by atoms with van der Waals surface area (Å²) in [6, 6.07) is 26.0. The summed E-state index contributed by atoms with van der Waals surface area (Å²) in [4.78, 5) is 4.47. The molecule has 1 aliphatic rings. The lowest BCUT2D eigenvalue weighted by Gasteiger charge is -2.21. The van der Waals surface area contributed by atoms with Crippen molar-refractivity contribution in [3.05, 3.63) is 83.9 Å². The van der Waals surface area contributed by atoms with Crippen LogP contribution < -0.4 is 11.1 Å². The lowest BCUT2D eigenvalue weighted by atomic mass is 9.93. The van der Waals surface area contributed by atoms with Crippen LogP contribution in [0.2, 0.25) is 0 Å². The van der Waals surface area contributed by atoms with Gasteiger partial charge in [0.05, 0.1) is 5.69 Å². The first-order valence-electron chi connectivity index (χ1n) is 10.4. The van der Waals surface area contributed by atoms with Crippen molar-refractivity contribution in [1.82, 2.24) is 10.3 Å². The van der Waals surface area contributed by atoms with Crippen LogP contribution in [0.15, 0.2) is 72.8 Å². The zero-order valence-electron chi connectivity index (χ0n) is 16.4. The van der Waals surface area contributed by atoms with Crippen LogP contribution in [-0.4, -0.2) is 17.6 Å². The standard InChI is InChI=1S/C25H29N3/c26-25-14-6-13-24(28-25)22-10-4-9-20(18-22)17-21-11-5-12-23(21)27-16-15-19-7-2-1-3-8-19/h1-4,6-10,13-14,18,21,23,27H,5,11-12,15-17H2,(H2,26,28). The molecule has 0 amide bonds. The van der Waals surface area contributed by atoms with Gasteiger partial charge in [-0.25, -0.2) is 4.98 Å². The molecule has 0 saturated heterocycles. The molecule has 1 heterocycles. The molecule has 0 bridgehead atoms. The van der Waals surface area contributed by atoms with E-state index in [0.717, 1.165) is 30.6 Å². The van der Waals surface area contributed by atoms with E-state index in [2.05, 4.69) is 64.9 Å². The number of benzene rings is 2. The number of pyridine rings is 1. The predicted octanol–water partition coefficient (Wildman–Crippen LogP) is 4.87. The lowest BCUT2D eigenvalue weighted by Crippen LogP contribution is -2.34. The fraction of sp³-hybridized carbons (Fsp3) is 0.320. The Bertz CT molecular complexity index is 891. The van der Waals surface area contributed by atoms with Gasteiger partial charge in [-0.2, -0.15) is 0 Å². The van der Waals surface area contributed by atoms with Crippen molar-refractivity contribution in [3.63, 3.8) is 0 Å². The summed E-state index contributed by atoms with van der Waals surface area (Å²) in [5.74, 6) is 1.28. The Balaban J connectivity index is 1.37. The first kappa shape index (κ1) is 18.7. The molecule has 0 radical (unpaired) electrons. The second-order valence-corrected chi connectivity index (χ2v) is 7.84. The van der Waals surface area contributed by atoms with E-state index in [9.17, 15) is 0 Å². The number of nitrogens with one attached hydrogen (secondary N) is 1. The van der Waals surface area contributed by atoms with E-state index in [1.807, 2.05) is 18.2 Å². The quantitative estimate of drug-likeness (QED) is 0.623. The number of nitrogens with zero attached hydrogens (tertiary/aromatic N) is 1. The van der Waals surface area contributed by atoms with Crippen molar-refractivity contribution in [1.29, 1.82) is 0 Å². The topological polar surface area (TPSA) is 50.9 Å². The molecule has 3 N–H and O–H groups in total. The molecule has 2 aromatic carbocycles. The molecule has 0 aliphatic heterocycles. The third-order valence-corrected chi connectivity index (χ3v) is 5.81. The zero-order chi connectivity index (χ0) is 19.2. The Hall–Kier alpha value is -2.65. The van der Waals surface area contributed by atoms with Crippen LogP contribution in [0.3, 0.4) is 0 Å². The summed E-state index contributed by atoms with van der Waals surface area (Å²) in [6.07, 6.45) is 6.14. The first-order valence-corrected chi connectivity index (χ1v) is 10.4. The SMILES string of the molecule is Nc1cccc(-c2cccc(CC3CCCC3NCCc3ccccc3)c2)n1. The highest BCUT2D eigenvalue weighted by Gasteiger charge is 2.26. The largest absolute Gasteiger partial charge is 0.384 e. The average Bonchev–Trinajstić information content (AvgIpc) is 3.16. The maximum Gasteiger partial charge on any atom is 0.124 e. The number of hydrogen-bond donors (Lipinski definition) is 2. The third kappa shape index (κ3) is 4.79. The van der Waals surface area contributed by atoms with Crippen LogP contribution in [-0.2, 0) is 12.8 Å². The first-order chi connectivity index (χ1) is 13.8. The molecule has 3 nitrogen and oxygen atoms in total. The molecule has 28 heavy (non-hydrogen) atoms. The minimum absolute atomic E-state index is 0.571. The van der Waals surface area contributed by atoms with Gasteiger partial charge in [0.25, 0.3) is 0 Å². The van der Waals surface area contributed by atoms with Crippen LogP contribution in [0.25, 0.3) is 11.3 Å². The molecular weight excluding hydrogens is 342 g/mol. The van der Waals surface area contributed by atoms with E-state index in [4.69, 9.17) is 5.73 Å². The summed E-state index contributed by atoms with van der Waals surface area (Å²) in [5.41, 5.74) is 10.8. The number of anilines is 1. The van der Waals surface area contributed by atoms with Gasteiger partial charge in [0.15, 0.2) is 0 Å². The molecular formula is C25H29N3. The van der Waals surface area contributed by atoms with Gasteiger partial charge in [0.2, 0.25) is 0 Å². The van der Waals surface area contributed by atoms with Gasteiger partial charge in [-0.15, -0.1) is 0 Å². The van der Waals surface area contributed by atoms with Gasteiger partial charge in [-0.05, 0) is 67.5 Å². The van der Waals surface area contributed by atoms with Gasteiger partial charge in [-0.1, -0.05) is 61.0 Å². The van der Waals surface area contributed by atoms with E-state index < -0.39 is 0 Å². The minimum atomic E-state index is 0.571. The minimum Gasteiger partial charge on any atom is -0.384 e. The molecule has 4 rings (SSSR count). The highest BCUT2D eigenvalue weighted by Crippen LogP contribution is 2.30. The average molecular weight is 372 g/mol. The number of nitrogens with two attached hydrogens (primary N) is 1. The fourth-order valence-corrected chi connectivity index (χ4v) is 4.37. The normalized spacial score (nSPS) is 19.0. The van der Waals surface area contributed by atoms with Crippen LogP contribution in [0.1, 0.15) is 30.4 Å². The van der Waals surface area contributed by atoms with Crippen molar-refractivity contribution in [2.75, 3.05) is 12.3 Å². The summed E-state index contributed by atoms with van der Waals surface area (Å²) in [5, 5.41) is 3.83. The number of hydrogen-bond acceptors (Lipinski definition) is 3. The molecule has 0 spiro atoms. The number of rotatable bonds is 7. The Morgan fingerprint density at radius 3 is 2.57 bits per heavy atom. The van der Waals surface area contributed by atoms with Crippen molar-refractivity contribution in [2.24, 2.45) is 5.92 Å². The van der Waals surface area contributed by atoms with Crippen molar-refractivity contribution < 1.29 is 0 Å². The van der Waals surface area contributed by atoms with E-state index in [-0.39, 0.29) is 0 Å². The van der Waals surface area contributed by atoms with Crippen LogP contribution in [0.4, 0.5) is 5.82 Å². The van der Waals surface area contributed by atoms with Gasteiger partial charge >= 0.3 is 0 Å². The van der Waals surface area contributed by atoms with Crippen molar-refractivity contribution in [2.45, 2.75) is 38.1 Å². The Morgan fingerprint density at radius 1 is 0.893 bits per heavy atom.